The Morgan fingerprint density at radius 3 is 2.71 bits per heavy atom. The highest BCUT2D eigenvalue weighted by Gasteiger charge is 2.17. The fraction of sp³-hybridized carbons (Fsp3) is 0.286. The van der Waals surface area contributed by atoms with Crippen LogP contribution in [0.25, 0.3) is 0 Å². The molecule has 0 aliphatic carbocycles. The van der Waals surface area contributed by atoms with Gasteiger partial charge in [0.2, 0.25) is 0 Å². The van der Waals surface area contributed by atoms with Crippen LogP contribution >= 0.6 is 34.5 Å². The molecule has 0 aliphatic rings. The third-order valence-electron chi connectivity index (χ3n) is 2.76. The predicted octanol–water partition coefficient (Wildman–Crippen LogP) is 4.99. The van der Waals surface area contributed by atoms with Gasteiger partial charge in [-0.3, -0.25) is 0 Å². The fourth-order valence-electron chi connectivity index (χ4n) is 1.70. The number of rotatable bonds is 4. The standard InChI is InChI=1S/C14H14Cl2N2O2S/c1-4-20-13(19)12-8(3)21-14(18-12)17-11-6-9(15)7(2)5-10(11)16/h5-6H,4H2,1-3H3,(H,17,18). The van der Waals surface area contributed by atoms with Crippen LogP contribution in [0.2, 0.25) is 10.0 Å². The molecule has 1 heterocycles. The minimum absolute atomic E-state index is 0.317. The molecule has 0 bridgehead atoms. The number of carbonyl (C=O) groups excluding carboxylic acids is 1. The number of carbonyl (C=O) groups is 1. The summed E-state index contributed by atoms with van der Waals surface area (Å²) >= 11 is 13.6. The summed E-state index contributed by atoms with van der Waals surface area (Å²) in [4.78, 5) is 16.8. The van der Waals surface area contributed by atoms with E-state index in [0.29, 0.717) is 33.2 Å². The molecule has 2 rings (SSSR count). The van der Waals surface area contributed by atoms with Crippen LogP contribution in [0.3, 0.4) is 0 Å². The summed E-state index contributed by atoms with van der Waals surface area (Å²) in [6.07, 6.45) is 0. The summed E-state index contributed by atoms with van der Waals surface area (Å²) in [7, 11) is 0. The number of hydrogen-bond donors (Lipinski definition) is 1. The largest absolute Gasteiger partial charge is 0.461 e. The summed E-state index contributed by atoms with van der Waals surface area (Å²) in [5, 5.41) is 4.80. The fourth-order valence-corrected chi connectivity index (χ4v) is 2.94. The number of esters is 1. The quantitative estimate of drug-likeness (QED) is 0.794. The van der Waals surface area contributed by atoms with E-state index in [9.17, 15) is 4.79 Å². The van der Waals surface area contributed by atoms with Gasteiger partial charge in [0.05, 0.1) is 17.3 Å². The number of ether oxygens (including phenoxy) is 1. The lowest BCUT2D eigenvalue weighted by Gasteiger charge is -2.07. The highest BCUT2D eigenvalue weighted by Crippen LogP contribution is 2.33. The highest BCUT2D eigenvalue weighted by atomic mass is 35.5. The Bertz CT molecular complexity index is 686. The van der Waals surface area contributed by atoms with Crippen molar-refractivity contribution in [2.45, 2.75) is 20.8 Å². The van der Waals surface area contributed by atoms with Gasteiger partial charge in [0.15, 0.2) is 10.8 Å². The first-order chi connectivity index (χ1) is 9.92. The molecule has 0 fully saturated rings. The highest BCUT2D eigenvalue weighted by molar-refractivity contribution is 7.15. The van der Waals surface area contributed by atoms with Crippen molar-refractivity contribution in [1.82, 2.24) is 4.98 Å². The van der Waals surface area contributed by atoms with Gasteiger partial charge in [-0.1, -0.05) is 23.2 Å². The van der Waals surface area contributed by atoms with E-state index in [1.807, 2.05) is 13.8 Å². The van der Waals surface area contributed by atoms with Crippen molar-refractivity contribution in [2.24, 2.45) is 0 Å². The van der Waals surface area contributed by atoms with Crippen LogP contribution in [0, 0.1) is 13.8 Å². The molecular formula is C14H14Cl2N2O2S. The first-order valence-electron chi connectivity index (χ1n) is 6.29. The number of aromatic nitrogens is 1. The smallest absolute Gasteiger partial charge is 0.358 e. The Labute approximate surface area is 137 Å². The van der Waals surface area contributed by atoms with Crippen molar-refractivity contribution in [3.05, 3.63) is 38.3 Å². The van der Waals surface area contributed by atoms with Crippen LogP contribution in [0.15, 0.2) is 12.1 Å². The third kappa shape index (κ3) is 3.67. The molecule has 112 valence electrons. The number of aryl methyl sites for hydroxylation is 2. The van der Waals surface area contributed by atoms with E-state index in [1.165, 1.54) is 11.3 Å². The minimum Gasteiger partial charge on any atom is -0.461 e. The Hall–Kier alpha value is -1.30. The summed E-state index contributed by atoms with van der Waals surface area (Å²) in [6.45, 7) is 5.77. The van der Waals surface area contributed by atoms with Crippen molar-refractivity contribution in [2.75, 3.05) is 11.9 Å². The van der Waals surface area contributed by atoms with Gasteiger partial charge in [-0.2, -0.15) is 0 Å². The van der Waals surface area contributed by atoms with Crippen LogP contribution in [-0.2, 0) is 4.74 Å². The van der Waals surface area contributed by atoms with Crippen molar-refractivity contribution >= 4 is 51.3 Å². The molecule has 0 amide bonds. The molecule has 4 nitrogen and oxygen atoms in total. The van der Waals surface area contributed by atoms with Gasteiger partial charge >= 0.3 is 5.97 Å². The maximum atomic E-state index is 11.7. The molecule has 0 spiro atoms. The first-order valence-corrected chi connectivity index (χ1v) is 7.86. The van der Waals surface area contributed by atoms with Gasteiger partial charge in [0.25, 0.3) is 0 Å². The van der Waals surface area contributed by atoms with Crippen LogP contribution in [0.4, 0.5) is 10.8 Å². The normalized spacial score (nSPS) is 10.5. The van der Waals surface area contributed by atoms with Crippen molar-refractivity contribution in [1.29, 1.82) is 0 Å². The van der Waals surface area contributed by atoms with Gasteiger partial charge in [-0.15, -0.1) is 11.3 Å². The average molecular weight is 345 g/mol. The van der Waals surface area contributed by atoms with Gasteiger partial charge in [-0.25, -0.2) is 9.78 Å². The molecule has 0 saturated carbocycles. The lowest BCUT2D eigenvalue weighted by Crippen LogP contribution is -2.06. The molecule has 1 N–H and O–H groups in total. The molecule has 0 aliphatic heterocycles. The van der Waals surface area contributed by atoms with Crippen LogP contribution in [-0.4, -0.2) is 17.6 Å². The molecule has 0 unspecified atom stereocenters. The molecular weight excluding hydrogens is 331 g/mol. The lowest BCUT2D eigenvalue weighted by molar-refractivity contribution is 0.0519. The summed E-state index contributed by atoms with van der Waals surface area (Å²) in [6, 6.07) is 3.51. The monoisotopic (exact) mass is 344 g/mol. The number of anilines is 2. The van der Waals surface area contributed by atoms with E-state index in [2.05, 4.69) is 10.3 Å². The van der Waals surface area contributed by atoms with Crippen LogP contribution < -0.4 is 5.32 Å². The molecule has 1 aromatic heterocycles. The van der Waals surface area contributed by atoms with Crippen molar-refractivity contribution < 1.29 is 9.53 Å². The molecule has 7 heteroatoms. The predicted molar refractivity (Wildman–Crippen MR) is 87.3 cm³/mol. The molecule has 2 aromatic rings. The second kappa shape index (κ2) is 6.64. The van der Waals surface area contributed by atoms with Crippen LogP contribution in [0.1, 0.15) is 27.9 Å². The Kier molecular flexibility index (Phi) is 5.08. The van der Waals surface area contributed by atoms with Crippen molar-refractivity contribution in [3.63, 3.8) is 0 Å². The molecule has 1 aromatic carbocycles. The number of halogens is 2. The summed E-state index contributed by atoms with van der Waals surface area (Å²) in [5.41, 5.74) is 1.87. The number of benzene rings is 1. The number of hydrogen-bond acceptors (Lipinski definition) is 5. The zero-order valence-corrected chi connectivity index (χ0v) is 14.1. The Balaban J connectivity index is 2.27. The third-order valence-corrected chi connectivity index (χ3v) is 4.36. The second-order valence-electron chi connectivity index (χ2n) is 4.35. The maximum Gasteiger partial charge on any atom is 0.358 e. The molecule has 0 radical (unpaired) electrons. The van der Waals surface area contributed by atoms with E-state index in [-0.39, 0.29) is 0 Å². The second-order valence-corrected chi connectivity index (χ2v) is 6.37. The zero-order valence-electron chi connectivity index (χ0n) is 11.8. The van der Waals surface area contributed by atoms with E-state index in [1.54, 1.807) is 19.1 Å². The van der Waals surface area contributed by atoms with E-state index in [4.69, 9.17) is 27.9 Å². The van der Waals surface area contributed by atoms with Crippen LogP contribution in [0.5, 0.6) is 0 Å². The van der Waals surface area contributed by atoms with Crippen molar-refractivity contribution in [3.8, 4) is 0 Å². The van der Waals surface area contributed by atoms with Gasteiger partial charge < -0.3 is 10.1 Å². The maximum absolute atomic E-state index is 11.7. The van der Waals surface area contributed by atoms with E-state index >= 15 is 0 Å². The Morgan fingerprint density at radius 1 is 1.33 bits per heavy atom. The number of nitrogens with one attached hydrogen (secondary N) is 1. The number of thiazole rings is 1. The summed E-state index contributed by atoms with van der Waals surface area (Å²) in [5.74, 6) is -0.424. The van der Waals surface area contributed by atoms with Gasteiger partial charge in [-0.05, 0) is 38.5 Å². The van der Waals surface area contributed by atoms with E-state index in [0.717, 1.165) is 10.4 Å². The zero-order chi connectivity index (χ0) is 15.6. The molecule has 21 heavy (non-hydrogen) atoms. The van der Waals surface area contributed by atoms with E-state index < -0.39 is 5.97 Å². The topological polar surface area (TPSA) is 51.2 Å². The van der Waals surface area contributed by atoms with Gasteiger partial charge in [0, 0.05) is 9.90 Å². The lowest BCUT2D eigenvalue weighted by atomic mass is 10.2. The number of nitrogens with zero attached hydrogens (tertiary/aromatic N) is 1. The summed E-state index contributed by atoms with van der Waals surface area (Å²) < 4.78 is 4.96. The van der Waals surface area contributed by atoms with Gasteiger partial charge in [0.1, 0.15) is 0 Å². The first kappa shape index (κ1) is 16.1. The Morgan fingerprint density at radius 2 is 2.05 bits per heavy atom. The average Bonchev–Trinajstić information content (AvgIpc) is 2.77. The molecule has 0 saturated heterocycles. The minimum atomic E-state index is -0.424. The molecule has 0 atom stereocenters. The SMILES string of the molecule is CCOC(=O)c1nc(Nc2cc(Cl)c(C)cc2Cl)sc1C.